The van der Waals surface area contributed by atoms with Gasteiger partial charge in [-0.1, -0.05) is 23.4 Å². The van der Waals surface area contributed by atoms with Crippen molar-refractivity contribution in [1.82, 2.24) is 20.4 Å². The lowest BCUT2D eigenvalue weighted by Gasteiger charge is -2.31. The predicted octanol–water partition coefficient (Wildman–Crippen LogP) is 4.72. The molecule has 43 heavy (non-hydrogen) atoms. The van der Waals surface area contributed by atoms with Crippen LogP contribution in [0.25, 0.3) is 11.4 Å². The molecule has 1 unspecified atom stereocenters. The Labute approximate surface area is 249 Å². The Kier molecular flexibility index (Phi) is 9.63. The van der Waals surface area contributed by atoms with E-state index in [1.165, 1.54) is 12.1 Å². The fourth-order valence-corrected chi connectivity index (χ4v) is 5.12. The summed E-state index contributed by atoms with van der Waals surface area (Å²) in [5.74, 6) is 1.08. The van der Waals surface area contributed by atoms with Crippen molar-refractivity contribution in [1.29, 1.82) is 0 Å². The molecular formula is C32H34FN5O5. The summed E-state index contributed by atoms with van der Waals surface area (Å²) >= 11 is 0. The molecule has 1 saturated heterocycles. The molecule has 5 rings (SSSR count). The lowest BCUT2D eigenvalue weighted by atomic mass is 9.96. The van der Waals surface area contributed by atoms with Crippen LogP contribution in [0.1, 0.15) is 34.7 Å². The molecule has 0 saturated carbocycles. The van der Waals surface area contributed by atoms with Gasteiger partial charge in [0.25, 0.3) is 5.91 Å². The number of hydrogen-bond acceptors (Lipinski definition) is 8. The molecular weight excluding hydrogens is 553 g/mol. The average molecular weight is 588 g/mol. The Bertz CT molecular complexity index is 1560. The van der Waals surface area contributed by atoms with Gasteiger partial charge in [0.1, 0.15) is 5.82 Å². The van der Waals surface area contributed by atoms with Crippen molar-refractivity contribution >= 4 is 17.5 Å². The number of likely N-dealkylation sites (tertiary alicyclic amines) is 1. The summed E-state index contributed by atoms with van der Waals surface area (Å²) in [4.78, 5) is 32.9. The maximum absolute atomic E-state index is 13.3. The molecule has 0 radical (unpaired) electrons. The van der Waals surface area contributed by atoms with E-state index in [2.05, 4.69) is 25.7 Å². The van der Waals surface area contributed by atoms with Crippen LogP contribution in [0.2, 0.25) is 0 Å². The minimum Gasteiger partial charge on any atom is -0.493 e. The van der Waals surface area contributed by atoms with E-state index in [-0.39, 0.29) is 23.5 Å². The molecule has 0 spiro atoms. The standard InChI is InChI=1S/C32H34FN5O5/c1-41-27-14-9-21(18-28(27)42-2)15-16-34-32(40)25-7-3-4-8-26(25)35-31(39)23-6-5-17-38(19-23)20-29-36-30(37-43-29)22-10-12-24(33)13-11-22/h3-4,7-14,18,23H,5-6,15-17,19-20H2,1-2H3,(H,34,40)(H,35,39). The molecule has 224 valence electrons. The maximum Gasteiger partial charge on any atom is 0.253 e. The van der Waals surface area contributed by atoms with E-state index in [4.69, 9.17) is 14.0 Å². The fraction of sp³-hybridized carbons (Fsp3) is 0.312. The quantitative estimate of drug-likeness (QED) is 0.259. The highest BCUT2D eigenvalue weighted by atomic mass is 19.1. The lowest BCUT2D eigenvalue weighted by molar-refractivity contribution is -0.121. The number of nitrogens with one attached hydrogen (secondary N) is 2. The van der Waals surface area contributed by atoms with E-state index < -0.39 is 0 Å². The predicted molar refractivity (Wildman–Crippen MR) is 158 cm³/mol. The van der Waals surface area contributed by atoms with Crippen LogP contribution in [-0.4, -0.2) is 60.7 Å². The number of piperidine rings is 1. The van der Waals surface area contributed by atoms with Gasteiger partial charge in [-0.05, 0) is 79.9 Å². The zero-order valence-electron chi connectivity index (χ0n) is 24.1. The number of hydrogen-bond donors (Lipinski definition) is 2. The summed E-state index contributed by atoms with van der Waals surface area (Å²) in [5, 5.41) is 9.93. The molecule has 1 aliphatic heterocycles. The Morgan fingerprint density at radius 2 is 1.84 bits per heavy atom. The lowest BCUT2D eigenvalue weighted by Crippen LogP contribution is -2.40. The van der Waals surface area contributed by atoms with Crippen LogP contribution in [0.15, 0.2) is 71.3 Å². The van der Waals surface area contributed by atoms with Crippen molar-refractivity contribution < 1.29 is 28.0 Å². The van der Waals surface area contributed by atoms with E-state index in [1.807, 2.05) is 18.2 Å². The molecule has 0 aliphatic carbocycles. The monoisotopic (exact) mass is 587 g/mol. The van der Waals surface area contributed by atoms with Crippen LogP contribution in [0.4, 0.5) is 10.1 Å². The average Bonchev–Trinajstić information content (AvgIpc) is 3.50. The molecule has 1 aliphatic rings. The highest BCUT2D eigenvalue weighted by molar-refractivity contribution is 6.04. The molecule has 1 fully saturated rings. The third-order valence-corrected chi connectivity index (χ3v) is 7.38. The van der Waals surface area contributed by atoms with E-state index in [0.717, 1.165) is 24.9 Å². The third kappa shape index (κ3) is 7.55. The number of aromatic nitrogens is 2. The number of halogens is 1. The first kappa shape index (κ1) is 29.7. The second-order valence-corrected chi connectivity index (χ2v) is 10.3. The van der Waals surface area contributed by atoms with E-state index in [0.29, 0.717) is 66.1 Å². The molecule has 1 aromatic heterocycles. The van der Waals surface area contributed by atoms with Crippen LogP contribution in [0.3, 0.4) is 0 Å². The SMILES string of the molecule is COc1ccc(CCNC(=O)c2ccccc2NC(=O)C2CCCN(Cc3nc(-c4ccc(F)cc4)no3)C2)cc1OC. The molecule has 1 atom stereocenters. The zero-order chi connectivity index (χ0) is 30.2. The van der Waals surface area contributed by atoms with Crippen molar-refractivity contribution in [3.8, 4) is 22.9 Å². The Balaban J connectivity index is 1.15. The number of rotatable bonds is 11. The Morgan fingerprint density at radius 1 is 1.05 bits per heavy atom. The minimum absolute atomic E-state index is 0.146. The molecule has 4 aromatic rings. The highest BCUT2D eigenvalue weighted by Gasteiger charge is 2.28. The maximum atomic E-state index is 13.3. The normalized spacial score (nSPS) is 15.1. The molecule has 2 heterocycles. The first-order valence-corrected chi connectivity index (χ1v) is 14.1. The number of amides is 2. The van der Waals surface area contributed by atoms with Crippen molar-refractivity contribution in [2.45, 2.75) is 25.8 Å². The van der Waals surface area contributed by atoms with Crippen molar-refractivity contribution in [2.75, 3.05) is 39.2 Å². The minimum atomic E-state index is -0.334. The highest BCUT2D eigenvalue weighted by Crippen LogP contribution is 2.28. The van der Waals surface area contributed by atoms with Gasteiger partial charge in [-0.3, -0.25) is 14.5 Å². The second kappa shape index (κ2) is 13.9. The zero-order valence-corrected chi connectivity index (χ0v) is 24.1. The van der Waals surface area contributed by atoms with Crippen LogP contribution in [0, 0.1) is 11.7 Å². The van der Waals surface area contributed by atoms with Crippen LogP contribution in [-0.2, 0) is 17.8 Å². The van der Waals surface area contributed by atoms with Crippen molar-refractivity contribution in [2.24, 2.45) is 5.92 Å². The number of methoxy groups -OCH3 is 2. The van der Waals surface area contributed by atoms with Gasteiger partial charge in [-0.15, -0.1) is 0 Å². The number of carbonyl (C=O) groups excluding carboxylic acids is 2. The number of nitrogens with zero attached hydrogens (tertiary/aromatic N) is 3. The molecule has 2 N–H and O–H groups in total. The number of para-hydroxylation sites is 1. The summed E-state index contributed by atoms with van der Waals surface area (Å²) in [6, 6.07) is 18.5. The molecule has 0 bridgehead atoms. The second-order valence-electron chi connectivity index (χ2n) is 10.3. The van der Waals surface area contributed by atoms with Gasteiger partial charge in [0, 0.05) is 18.7 Å². The molecule has 2 amide bonds. The van der Waals surface area contributed by atoms with Gasteiger partial charge in [0.2, 0.25) is 17.6 Å². The van der Waals surface area contributed by atoms with Gasteiger partial charge in [-0.2, -0.15) is 4.98 Å². The summed E-state index contributed by atoms with van der Waals surface area (Å²) in [5.41, 5.74) is 2.52. The molecule has 3 aromatic carbocycles. The van der Waals surface area contributed by atoms with E-state index in [1.54, 1.807) is 50.6 Å². The molecule has 11 heteroatoms. The van der Waals surface area contributed by atoms with Gasteiger partial charge in [0.15, 0.2) is 11.5 Å². The number of carbonyl (C=O) groups is 2. The van der Waals surface area contributed by atoms with Crippen molar-refractivity contribution in [3.05, 3.63) is 89.6 Å². The van der Waals surface area contributed by atoms with Gasteiger partial charge >= 0.3 is 0 Å². The van der Waals surface area contributed by atoms with Gasteiger partial charge in [-0.25, -0.2) is 4.39 Å². The summed E-state index contributed by atoms with van der Waals surface area (Å²) in [6.45, 7) is 2.11. The van der Waals surface area contributed by atoms with E-state index in [9.17, 15) is 14.0 Å². The first-order chi connectivity index (χ1) is 20.9. The van der Waals surface area contributed by atoms with Gasteiger partial charge < -0.3 is 24.6 Å². The Hall–Kier alpha value is -4.77. The Morgan fingerprint density at radius 3 is 2.63 bits per heavy atom. The number of anilines is 1. The van der Waals surface area contributed by atoms with E-state index >= 15 is 0 Å². The first-order valence-electron chi connectivity index (χ1n) is 14.1. The summed E-state index contributed by atoms with van der Waals surface area (Å²) < 4.78 is 29.3. The summed E-state index contributed by atoms with van der Waals surface area (Å²) in [7, 11) is 3.17. The van der Waals surface area contributed by atoms with Crippen molar-refractivity contribution in [3.63, 3.8) is 0 Å². The fourth-order valence-electron chi connectivity index (χ4n) is 5.12. The number of benzene rings is 3. The van der Waals surface area contributed by atoms with Gasteiger partial charge in [0.05, 0.1) is 37.9 Å². The van der Waals surface area contributed by atoms with Crippen LogP contribution < -0.4 is 20.1 Å². The third-order valence-electron chi connectivity index (χ3n) is 7.38. The van der Waals surface area contributed by atoms with Crippen LogP contribution in [0.5, 0.6) is 11.5 Å². The summed E-state index contributed by atoms with van der Waals surface area (Å²) in [6.07, 6.45) is 2.16. The smallest absolute Gasteiger partial charge is 0.253 e. The topological polar surface area (TPSA) is 119 Å². The molecule has 10 nitrogen and oxygen atoms in total. The van der Waals surface area contributed by atoms with Crippen LogP contribution >= 0.6 is 0 Å². The largest absolute Gasteiger partial charge is 0.493 e. The number of ether oxygens (including phenoxy) is 2.